The van der Waals surface area contributed by atoms with Crippen molar-refractivity contribution in [3.05, 3.63) is 16.1 Å². The lowest BCUT2D eigenvalue weighted by Gasteiger charge is -2.42. The minimum Gasteiger partial charge on any atom is -0.311 e. The van der Waals surface area contributed by atoms with Gasteiger partial charge in [0.15, 0.2) is 0 Å². The summed E-state index contributed by atoms with van der Waals surface area (Å²) in [5.74, 6) is 0. The summed E-state index contributed by atoms with van der Waals surface area (Å²) in [4.78, 5) is 8.63. The Morgan fingerprint density at radius 2 is 2.33 bits per heavy atom. The summed E-state index contributed by atoms with van der Waals surface area (Å²) in [5, 5.41) is 4.85. The predicted molar refractivity (Wildman–Crippen MR) is 78.2 cm³/mol. The Morgan fingerprint density at radius 3 is 2.94 bits per heavy atom. The third-order valence-corrected chi connectivity index (χ3v) is 5.21. The molecule has 1 fully saturated rings. The topological polar surface area (TPSA) is 28.2 Å². The van der Waals surface area contributed by atoms with E-state index in [1.54, 1.807) is 0 Å². The molecule has 2 rings (SSSR count). The number of nitrogens with zero attached hydrogens (tertiary/aromatic N) is 2. The van der Waals surface area contributed by atoms with Gasteiger partial charge in [-0.1, -0.05) is 13.8 Å². The first-order valence-corrected chi connectivity index (χ1v) is 7.91. The highest BCUT2D eigenvalue weighted by molar-refractivity contribution is 7.11. The second-order valence-corrected chi connectivity index (χ2v) is 6.41. The molecule has 102 valence electrons. The molecule has 0 amide bonds. The molecule has 0 radical (unpaired) electrons. The largest absolute Gasteiger partial charge is 0.311 e. The molecule has 1 aromatic rings. The molecule has 3 atom stereocenters. The van der Waals surface area contributed by atoms with Crippen LogP contribution in [0.15, 0.2) is 6.20 Å². The number of piperazine rings is 1. The number of rotatable bonds is 4. The van der Waals surface area contributed by atoms with Crippen molar-refractivity contribution in [1.29, 1.82) is 0 Å². The van der Waals surface area contributed by atoms with Gasteiger partial charge in [-0.15, -0.1) is 11.3 Å². The first-order valence-electron chi connectivity index (χ1n) is 7.09. The summed E-state index contributed by atoms with van der Waals surface area (Å²) in [6, 6.07) is 1.68. The van der Waals surface area contributed by atoms with E-state index in [1.165, 1.54) is 16.3 Å². The molecule has 0 bridgehead atoms. The highest BCUT2D eigenvalue weighted by Gasteiger charge is 2.30. The Labute approximate surface area is 115 Å². The number of hydrogen-bond acceptors (Lipinski definition) is 4. The summed E-state index contributed by atoms with van der Waals surface area (Å²) in [6.45, 7) is 11.3. The Bertz CT molecular complexity index is 377. The van der Waals surface area contributed by atoms with Crippen molar-refractivity contribution in [2.75, 3.05) is 13.1 Å². The van der Waals surface area contributed by atoms with Crippen LogP contribution in [0.1, 0.15) is 50.0 Å². The van der Waals surface area contributed by atoms with E-state index in [4.69, 9.17) is 0 Å². The third kappa shape index (κ3) is 2.92. The van der Waals surface area contributed by atoms with Gasteiger partial charge in [0.1, 0.15) is 5.01 Å². The number of nitrogens with one attached hydrogen (secondary N) is 1. The fourth-order valence-corrected chi connectivity index (χ4v) is 3.59. The van der Waals surface area contributed by atoms with Gasteiger partial charge in [0.05, 0.1) is 6.04 Å². The fourth-order valence-electron chi connectivity index (χ4n) is 2.66. The maximum atomic E-state index is 4.61. The molecule has 1 saturated heterocycles. The smallest absolute Gasteiger partial charge is 0.110 e. The summed E-state index contributed by atoms with van der Waals surface area (Å²) < 4.78 is 0. The maximum absolute atomic E-state index is 4.61. The summed E-state index contributed by atoms with van der Waals surface area (Å²) >= 11 is 1.88. The molecule has 1 aliphatic rings. The predicted octanol–water partition coefficient (Wildman–Crippen LogP) is 2.84. The van der Waals surface area contributed by atoms with E-state index < -0.39 is 0 Å². The van der Waals surface area contributed by atoms with E-state index in [-0.39, 0.29) is 0 Å². The molecule has 0 saturated carbocycles. The van der Waals surface area contributed by atoms with E-state index in [2.05, 4.69) is 42.9 Å². The molecule has 1 aromatic heterocycles. The van der Waals surface area contributed by atoms with Gasteiger partial charge in [0.25, 0.3) is 0 Å². The molecular formula is C14H25N3S. The number of aryl methyl sites for hydroxylation is 1. The van der Waals surface area contributed by atoms with Gasteiger partial charge in [-0.25, -0.2) is 4.98 Å². The summed E-state index contributed by atoms with van der Waals surface area (Å²) in [6.07, 6.45) is 4.35. The minimum atomic E-state index is 0.449. The first-order chi connectivity index (χ1) is 8.65. The second-order valence-electron chi connectivity index (χ2n) is 5.26. The third-order valence-electron chi connectivity index (χ3n) is 3.90. The Morgan fingerprint density at radius 1 is 1.56 bits per heavy atom. The Hall–Kier alpha value is -0.450. The first kappa shape index (κ1) is 14.0. The quantitative estimate of drug-likeness (QED) is 0.909. The van der Waals surface area contributed by atoms with E-state index in [1.807, 2.05) is 17.5 Å². The van der Waals surface area contributed by atoms with Gasteiger partial charge in [0, 0.05) is 36.2 Å². The van der Waals surface area contributed by atoms with E-state index in [0.717, 1.165) is 19.5 Å². The highest BCUT2D eigenvalue weighted by atomic mass is 32.1. The van der Waals surface area contributed by atoms with Gasteiger partial charge in [-0.3, -0.25) is 4.90 Å². The lowest BCUT2D eigenvalue weighted by atomic mass is 10.1. The molecule has 2 heterocycles. The summed E-state index contributed by atoms with van der Waals surface area (Å²) in [7, 11) is 0. The van der Waals surface area contributed by atoms with Crippen molar-refractivity contribution < 1.29 is 0 Å². The molecule has 0 aromatic carbocycles. The van der Waals surface area contributed by atoms with Gasteiger partial charge in [-0.2, -0.15) is 0 Å². The van der Waals surface area contributed by atoms with Crippen LogP contribution in [-0.2, 0) is 6.42 Å². The van der Waals surface area contributed by atoms with Gasteiger partial charge < -0.3 is 5.32 Å². The standard InChI is InChI=1S/C14H25N3S/c1-5-12-7-15-10(3)9-17(12)11(4)14-16-8-13(6-2)18-14/h8,10-12,15H,5-7,9H2,1-4H3. The van der Waals surface area contributed by atoms with Crippen molar-refractivity contribution >= 4 is 11.3 Å². The van der Waals surface area contributed by atoms with Crippen molar-refractivity contribution in [3.8, 4) is 0 Å². The zero-order valence-electron chi connectivity index (χ0n) is 11.9. The lowest BCUT2D eigenvalue weighted by Crippen LogP contribution is -2.55. The van der Waals surface area contributed by atoms with Crippen LogP contribution in [0.5, 0.6) is 0 Å². The van der Waals surface area contributed by atoms with Crippen LogP contribution in [-0.4, -0.2) is 35.1 Å². The average Bonchev–Trinajstić information content (AvgIpc) is 2.86. The zero-order chi connectivity index (χ0) is 13.1. The average molecular weight is 267 g/mol. The second kappa shape index (κ2) is 6.13. The molecule has 1 N–H and O–H groups in total. The Balaban J connectivity index is 2.11. The van der Waals surface area contributed by atoms with Gasteiger partial charge >= 0.3 is 0 Å². The van der Waals surface area contributed by atoms with Crippen LogP contribution in [0.25, 0.3) is 0 Å². The van der Waals surface area contributed by atoms with Crippen molar-refractivity contribution in [1.82, 2.24) is 15.2 Å². The van der Waals surface area contributed by atoms with Crippen molar-refractivity contribution in [2.45, 2.75) is 58.7 Å². The summed E-state index contributed by atoms with van der Waals surface area (Å²) in [5.41, 5.74) is 0. The fraction of sp³-hybridized carbons (Fsp3) is 0.786. The van der Waals surface area contributed by atoms with Crippen LogP contribution >= 0.6 is 11.3 Å². The maximum Gasteiger partial charge on any atom is 0.110 e. The van der Waals surface area contributed by atoms with Crippen molar-refractivity contribution in [3.63, 3.8) is 0 Å². The van der Waals surface area contributed by atoms with Crippen LogP contribution in [0.3, 0.4) is 0 Å². The molecule has 0 spiro atoms. The molecule has 18 heavy (non-hydrogen) atoms. The molecular weight excluding hydrogens is 242 g/mol. The van der Waals surface area contributed by atoms with E-state index in [0.29, 0.717) is 18.1 Å². The molecule has 3 unspecified atom stereocenters. The molecule has 0 aliphatic carbocycles. The van der Waals surface area contributed by atoms with E-state index in [9.17, 15) is 0 Å². The van der Waals surface area contributed by atoms with Crippen LogP contribution in [0.2, 0.25) is 0 Å². The minimum absolute atomic E-state index is 0.449. The Kier molecular flexibility index (Phi) is 4.76. The van der Waals surface area contributed by atoms with E-state index >= 15 is 0 Å². The van der Waals surface area contributed by atoms with Crippen LogP contribution < -0.4 is 5.32 Å². The SMILES string of the molecule is CCc1cnc(C(C)N2CC(C)NCC2CC)s1. The molecule has 3 nitrogen and oxygen atoms in total. The molecule has 4 heteroatoms. The van der Waals surface area contributed by atoms with Gasteiger partial charge in [-0.05, 0) is 26.7 Å². The molecule has 1 aliphatic heterocycles. The van der Waals surface area contributed by atoms with Crippen LogP contribution in [0.4, 0.5) is 0 Å². The van der Waals surface area contributed by atoms with Gasteiger partial charge in [0.2, 0.25) is 0 Å². The normalized spacial score (nSPS) is 27.3. The number of hydrogen-bond donors (Lipinski definition) is 1. The number of aromatic nitrogens is 1. The van der Waals surface area contributed by atoms with Crippen molar-refractivity contribution in [2.24, 2.45) is 0 Å². The zero-order valence-corrected chi connectivity index (χ0v) is 12.8. The highest BCUT2D eigenvalue weighted by Crippen LogP contribution is 2.28. The monoisotopic (exact) mass is 267 g/mol. The van der Waals surface area contributed by atoms with Crippen LogP contribution in [0, 0.1) is 0 Å². The number of thiazole rings is 1. The lowest BCUT2D eigenvalue weighted by molar-refractivity contribution is 0.0903.